The largest absolute Gasteiger partial charge is 0.444 e. The van der Waals surface area contributed by atoms with Crippen molar-refractivity contribution in [3.8, 4) is 0 Å². The van der Waals surface area contributed by atoms with E-state index in [4.69, 9.17) is 0 Å². The molecular weight excluding hydrogens is 164 g/mol. The fraction of sp³-hybridized carbons (Fsp3) is 0.286. The van der Waals surface area contributed by atoms with E-state index in [1.54, 1.807) is 0 Å². The summed E-state index contributed by atoms with van der Waals surface area (Å²) in [6.45, 7) is 4.22. The first-order valence-electron chi connectivity index (χ1n) is 3.04. The average molecular weight is 172 g/mol. The van der Waals surface area contributed by atoms with Gasteiger partial charge in [-0.15, -0.1) is 0 Å². The standard InChI is InChI=1S/C7H8O5/c1-3-11-7(10)6(5(2)9)12-4-8/h3-4,6H,1H2,2H3. The third-order valence-corrected chi connectivity index (χ3v) is 0.974. The topological polar surface area (TPSA) is 69.7 Å². The zero-order chi connectivity index (χ0) is 9.56. The van der Waals surface area contributed by atoms with E-state index in [0.29, 0.717) is 0 Å². The molecule has 1 atom stereocenters. The van der Waals surface area contributed by atoms with Crippen LogP contribution in [-0.4, -0.2) is 24.3 Å². The quantitative estimate of drug-likeness (QED) is 0.248. The summed E-state index contributed by atoms with van der Waals surface area (Å²) in [6.07, 6.45) is -0.632. The molecule has 0 heterocycles. The highest BCUT2D eigenvalue weighted by Gasteiger charge is 2.25. The number of carbonyl (C=O) groups excluding carboxylic acids is 3. The van der Waals surface area contributed by atoms with Crippen LogP contribution in [0, 0.1) is 0 Å². The van der Waals surface area contributed by atoms with E-state index in [1.165, 1.54) is 0 Å². The summed E-state index contributed by atoms with van der Waals surface area (Å²) < 4.78 is 8.40. The van der Waals surface area contributed by atoms with Crippen molar-refractivity contribution in [2.24, 2.45) is 0 Å². The van der Waals surface area contributed by atoms with Gasteiger partial charge in [-0.05, 0) is 6.92 Å². The predicted octanol–water partition coefficient (Wildman–Crippen LogP) is -0.196. The molecule has 12 heavy (non-hydrogen) atoms. The van der Waals surface area contributed by atoms with Crippen LogP contribution in [-0.2, 0) is 23.9 Å². The Hall–Kier alpha value is -1.65. The maximum Gasteiger partial charge on any atom is 0.360 e. The molecule has 5 nitrogen and oxygen atoms in total. The lowest BCUT2D eigenvalue weighted by Gasteiger charge is -2.07. The second-order valence-electron chi connectivity index (χ2n) is 1.83. The first kappa shape index (κ1) is 10.3. The number of carbonyl (C=O) groups is 3. The lowest BCUT2D eigenvalue weighted by Crippen LogP contribution is -2.31. The molecular formula is C7H8O5. The number of esters is 1. The molecule has 0 aliphatic carbocycles. The molecule has 0 fully saturated rings. The van der Waals surface area contributed by atoms with Crippen molar-refractivity contribution < 1.29 is 23.9 Å². The third kappa shape index (κ3) is 2.96. The second kappa shape index (κ2) is 5.06. The molecule has 0 saturated heterocycles. The van der Waals surface area contributed by atoms with E-state index in [9.17, 15) is 14.4 Å². The van der Waals surface area contributed by atoms with Crippen molar-refractivity contribution in [1.29, 1.82) is 0 Å². The summed E-state index contributed by atoms with van der Waals surface area (Å²) >= 11 is 0. The molecule has 66 valence electrons. The minimum absolute atomic E-state index is 0.0103. The highest BCUT2D eigenvalue weighted by Crippen LogP contribution is 1.96. The average Bonchev–Trinajstić information content (AvgIpc) is 1.99. The Morgan fingerprint density at radius 2 is 2.08 bits per heavy atom. The first-order valence-corrected chi connectivity index (χ1v) is 3.04. The summed E-state index contributed by atoms with van der Waals surface area (Å²) in [5, 5.41) is 0. The monoisotopic (exact) mass is 172 g/mol. The Balaban J connectivity index is 4.27. The van der Waals surface area contributed by atoms with Crippen LogP contribution < -0.4 is 0 Å². The Bertz CT molecular complexity index is 208. The van der Waals surface area contributed by atoms with Crippen molar-refractivity contribution in [2.45, 2.75) is 13.0 Å². The summed E-state index contributed by atoms with van der Waals surface area (Å²) in [4.78, 5) is 31.2. The van der Waals surface area contributed by atoms with Crippen LogP contribution in [0.3, 0.4) is 0 Å². The van der Waals surface area contributed by atoms with E-state index in [0.717, 1.165) is 13.2 Å². The predicted molar refractivity (Wildman–Crippen MR) is 37.9 cm³/mol. The highest BCUT2D eigenvalue weighted by atomic mass is 16.6. The van der Waals surface area contributed by atoms with Crippen molar-refractivity contribution in [2.75, 3.05) is 0 Å². The Morgan fingerprint density at radius 3 is 2.42 bits per heavy atom. The van der Waals surface area contributed by atoms with Crippen LogP contribution in [0.1, 0.15) is 6.92 Å². The van der Waals surface area contributed by atoms with Gasteiger partial charge < -0.3 is 9.47 Å². The number of ether oxygens (including phenoxy) is 2. The highest BCUT2D eigenvalue weighted by molar-refractivity contribution is 6.01. The molecule has 0 aliphatic rings. The fourth-order valence-electron chi connectivity index (χ4n) is 0.517. The summed E-state index contributed by atoms with van der Waals surface area (Å²) in [5.74, 6) is -1.56. The number of hydrogen-bond acceptors (Lipinski definition) is 5. The zero-order valence-corrected chi connectivity index (χ0v) is 6.48. The molecule has 1 unspecified atom stereocenters. The van der Waals surface area contributed by atoms with Gasteiger partial charge in [0.25, 0.3) is 12.6 Å². The van der Waals surface area contributed by atoms with Crippen LogP contribution in [0.5, 0.6) is 0 Å². The van der Waals surface area contributed by atoms with E-state index in [2.05, 4.69) is 16.1 Å². The Labute approximate surface area is 69.0 Å². The summed E-state index contributed by atoms with van der Waals surface area (Å²) in [7, 11) is 0. The zero-order valence-electron chi connectivity index (χ0n) is 6.48. The van der Waals surface area contributed by atoms with Gasteiger partial charge in [-0.3, -0.25) is 9.59 Å². The molecule has 0 bridgehead atoms. The van der Waals surface area contributed by atoms with Gasteiger partial charge in [0.15, 0.2) is 5.78 Å². The Morgan fingerprint density at radius 1 is 1.50 bits per heavy atom. The Kier molecular flexibility index (Phi) is 4.36. The molecule has 0 N–H and O–H groups in total. The lowest BCUT2D eigenvalue weighted by atomic mass is 10.2. The van der Waals surface area contributed by atoms with Crippen molar-refractivity contribution in [1.82, 2.24) is 0 Å². The van der Waals surface area contributed by atoms with Crippen LogP contribution >= 0.6 is 0 Å². The van der Waals surface area contributed by atoms with Gasteiger partial charge >= 0.3 is 5.97 Å². The van der Waals surface area contributed by atoms with E-state index >= 15 is 0 Å². The van der Waals surface area contributed by atoms with Crippen molar-refractivity contribution in [3.63, 3.8) is 0 Å². The van der Waals surface area contributed by atoms with Gasteiger partial charge in [-0.1, -0.05) is 6.58 Å². The molecule has 0 aromatic heterocycles. The number of ketones is 1. The van der Waals surface area contributed by atoms with Crippen LogP contribution in [0.25, 0.3) is 0 Å². The van der Waals surface area contributed by atoms with Crippen molar-refractivity contribution >= 4 is 18.2 Å². The summed E-state index contributed by atoms with van der Waals surface area (Å²) in [5.41, 5.74) is 0. The van der Waals surface area contributed by atoms with E-state index in [1.807, 2.05) is 0 Å². The van der Waals surface area contributed by atoms with Gasteiger partial charge in [0.1, 0.15) is 0 Å². The molecule has 0 amide bonds. The molecule has 0 aromatic carbocycles. The van der Waals surface area contributed by atoms with E-state index < -0.39 is 17.9 Å². The van der Waals surface area contributed by atoms with Gasteiger partial charge in [0.05, 0.1) is 6.26 Å². The van der Waals surface area contributed by atoms with Crippen LogP contribution in [0.4, 0.5) is 0 Å². The smallest absolute Gasteiger partial charge is 0.360 e. The maximum absolute atomic E-state index is 10.8. The van der Waals surface area contributed by atoms with Crippen molar-refractivity contribution in [3.05, 3.63) is 12.8 Å². The molecule has 0 aliphatic heterocycles. The van der Waals surface area contributed by atoms with Crippen LogP contribution in [0.15, 0.2) is 12.8 Å². The third-order valence-electron chi connectivity index (χ3n) is 0.974. The van der Waals surface area contributed by atoms with Gasteiger partial charge in [0, 0.05) is 0 Å². The molecule has 0 rings (SSSR count). The van der Waals surface area contributed by atoms with Crippen LogP contribution in [0.2, 0.25) is 0 Å². The molecule has 0 saturated carbocycles. The molecule has 0 spiro atoms. The SMILES string of the molecule is C=COC(=O)C(OC=O)C(C)=O. The maximum atomic E-state index is 10.8. The first-order chi connectivity index (χ1) is 5.63. The molecule has 0 aromatic rings. The number of Topliss-reactive ketones (excluding diaryl/α,β-unsaturated/α-hetero) is 1. The summed E-state index contributed by atoms with van der Waals surface area (Å²) in [6, 6.07) is 0. The number of hydrogen-bond donors (Lipinski definition) is 0. The fourth-order valence-corrected chi connectivity index (χ4v) is 0.517. The van der Waals surface area contributed by atoms with Gasteiger partial charge in [-0.2, -0.15) is 0 Å². The molecule has 5 heteroatoms. The second-order valence-corrected chi connectivity index (χ2v) is 1.83. The normalized spacial score (nSPS) is 11.1. The number of rotatable bonds is 5. The van der Waals surface area contributed by atoms with Gasteiger partial charge in [0.2, 0.25) is 0 Å². The van der Waals surface area contributed by atoms with E-state index in [-0.39, 0.29) is 6.47 Å². The van der Waals surface area contributed by atoms with Gasteiger partial charge in [-0.25, -0.2) is 4.79 Å². The minimum atomic E-state index is -1.49. The molecule has 0 radical (unpaired) electrons. The lowest BCUT2D eigenvalue weighted by molar-refractivity contribution is -0.161. The minimum Gasteiger partial charge on any atom is -0.444 e.